The van der Waals surface area contributed by atoms with Gasteiger partial charge in [-0.2, -0.15) is 8.78 Å². The minimum absolute atomic E-state index is 0.121. The van der Waals surface area contributed by atoms with Crippen molar-refractivity contribution in [3.63, 3.8) is 0 Å². The Morgan fingerprint density at radius 1 is 1.20 bits per heavy atom. The molecule has 0 aliphatic heterocycles. The quantitative estimate of drug-likeness (QED) is 0.797. The van der Waals surface area contributed by atoms with Gasteiger partial charge in [-0.1, -0.05) is 12.1 Å². The van der Waals surface area contributed by atoms with Gasteiger partial charge in [-0.3, -0.25) is 0 Å². The Bertz CT molecular complexity index is 473. The molecule has 3 nitrogen and oxygen atoms in total. The fourth-order valence-electron chi connectivity index (χ4n) is 1.07. The molecule has 0 N–H and O–H groups in total. The highest BCUT2D eigenvalue weighted by Crippen LogP contribution is 2.26. The molecule has 1 heterocycles. The molecular formula is C9H5F2IN2O. The van der Waals surface area contributed by atoms with Crippen molar-refractivity contribution in [1.29, 1.82) is 0 Å². The summed E-state index contributed by atoms with van der Waals surface area (Å²) in [7, 11) is 0. The summed E-state index contributed by atoms with van der Waals surface area (Å²) in [5.41, 5.74) is 0.664. The molecule has 78 valence electrons. The topological polar surface area (TPSA) is 38.9 Å². The van der Waals surface area contributed by atoms with E-state index in [0.717, 1.165) is 3.57 Å². The van der Waals surface area contributed by atoms with E-state index < -0.39 is 12.3 Å². The number of halogens is 3. The first-order valence-electron chi connectivity index (χ1n) is 4.05. The second-order valence-corrected chi connectivity index (χ2v) is 3.89. The summed E-state index contributed by atoms with van der Waals surface area (Å²) in [5.74, 6) is -0.528. The fraction of sp³-hybridized carbons (Fsp3) is 0.111. The number of alkyl halides is 2. The van der Waals surface area contributed by atoms with Crippen molar-refractivity contribution < 1.29 is 13.2 Å². The lowest BCUT2D eigenvalue weighted by Crippen LogP contribution is -1.81. The molecule has 1 aromatic carbocycles. The Kier molecular flexibility index (Phi) is 2.94. The van der Waals surface area contributed by atoms with Gasteiger partial charge in [0.2, 0.25) is 5.89 Å². The molecule has 15 heavy (non-hydrogen) atoms. The van der Waals surface area contributed by atoms with Crippen LogP contribution in [0.15, 0.2) is 28.7 Å². The van der Waals surface area contributed by atoms with Crippen LogP contribution in [0.1, 0.15) is 12.3 Å². The zero-order chi connectivity index (χ0) is 10.8. The van der Waals surface area contributed by atoms with Crippen molar-refractivity contribution in [3.8, 4) is 11.5 Å². The maximum Gasteiger partial charge on any atom is 0.314 e. The minimum atomic E-state index is -2.73. The van der Waals surface area contributed by atoms with E-state index in [1.54, 1.807) is 12.1 Å². The summed E-state index contributed by atoms with van der Waals surface area (Å²) in [5, 5.41) is 6.83. The van der Waals surface area contributed by atoms with Crippen LogP contribution >= 0.6 is 22.6 Å². The van der Waals surface area contributed by atoms with Crippen LogP contribution in [-0.4, -0.2) is 10.2 Å². The summed E-state index contributed by atoms with van der Waals surface area (Å²) in [6, 6.07) is 7.20. The first-order chi connectivity index (χ1) is 7.18. The molecule has 6 heteroatoms. The lowest BCUT2D eigenvalue weighted by atomic mass is 10.2. The summed E-state index contributed by atoms with van der Waals surface area (Å²) in [6.07, 6.45) is -2.73. The van der Waals surface area contributed by atoms with Gasteiger partial charge < -0.3 is 4.42 Å². The molecule has 0 atom stereocenters. The zero-order valence-electron chi connectivity index (χ0n) is 7.32. The number of nitrogens with zero attached hydrogens (tertiary/aromatic N) is 2. The second kappa shape index (κ2) is 4.21. The van der Waals surface area contributed by atoms with Gasteiger partial charge in [0, 0.05) is 3.57 Å². The summed E-state index contributed by atoms with van der Waals surface area (Å²) >= 11 is 2.08. The lowest BCUT2D eigenvalue weighted by Gasteiger charge is -1.96. The molecule has 0 aliphatic carbocycles. The first kappa shape index (κ1) is 10.5. The van der Waals surface area contributed by atoms with Gasteiger partial charge in [0.25, 0.3) is 5.89 Å². The van der Waals surface area contributed by atoms with Crippen LogP contribution in [0.4, 0.5) is 8.78 Å². The molecule has 0 saturated carbocycles. The van der Waals surface area contributed by atoms with Crippen LogP contribution in [0.2, 0.25) is 0 Å². The van der Waals surface area contributed by atoms with E-state index in [1.807, 2.05) is 12.1 Å². The highest BCUT2D eigenvalue weighted by Gasteiger charge is 2.17. The molecule has 2 rings (SSSR count). The second-order valence-electron chi connectivity index (χ2n) is 2.73. The maximum atomic E-state index is 12.2. The minimum Gasteiger partial charge on any atom is -0.415 e. The van der Waals surface area contributed by atoms with Gasteiger partial charge in [0.05, 0.1) is 5.56 Å². The third kappa shape index (κ3) is 2.14. The van der Waals surface area contributed by atoms with E-state index in [0.29, 0.717) is 5.56 Å². The molecule has 0 radical (unpaired) electrons. The fourth-order valence-corrected chi connectivity index (χ4v) is 1.68. The van der Waals surface area contributed by atoms with Gasteiger partial charge in [-0.05, 0) is 34.7 Å². The monoisotopic (exact) mass is 322 g/mol. The van der Waals surface area contributed by atoms with Gasteiger partial charge >= 0.3 is 6.43 Å². The largest absolute Gasteiger partial charge is 0.415 e. The Balaban J connectivity index is 2.42. The number of benzene rings is 1. The molecule has 2 aromatic rings. The van der Waals surface area contributed by atoms with Crippen molar-refractivity contribution in [2.24, 2.45) is 0 Å². The van der Waals surface area contributed by atoms with Gasteiger partial charge in [-0.15, -0.1) is 10.2 Å². The molecule has 0 spiro atoms. The third-order valence-corrected chi connectivity index (χ3v) is 2.67. The highest BCUT2D eigenvalue weighted by atomic mass is 127. The van der Waals surface area contributed by atoms with Crippen LogP contribution in [0, 0.1) is 3.57 Å². The average Bonchev–Trinajstić information content (AvgIpc) is 2.67. The van der Waals surface area contributed by atoms with E-state index >= 15 is 0 Å². The van der Waals surface area contributed by atoms with Gasteiger partial charge in [0.15, 0.2) is 0 Å². The van der Waals surface area contributed by atoms with E-state index in [4.69, 9.17) is 4.42 Å². The smallest absolute Gasteiger partial charge is 0.314 e. The maximum absolute atomic E-state index is 12.2. The van der Waals surface area contributed by atoms with Crippen molar-refractivity contribution in [1.82, 2.24) is 10.2 Å². The average molecular weight is 322 g/mol. The van der Waals surface area contributed by atoms with E-state index in [2.05, 4.69) is 32.8 Å². The first-order valence-corrected chi connectivity index (χ1v) is 5.13. The standard InChI is InChI=1S/C9H5F2IN2O/c10-7(11)9-14-13-8(15-9)5-3-1-2-4-6(5)12/h1-4,7H. The van der Waals surface area contributed by atoms with E-state index in [9.17, 15) is 8.78 Å². The van der Waals surface area contributed by atoms with Gasteiger partial charge in [0.1, 0.15) is 0 Å². The third-order valence-electron chi connectivity index (χ3n) is 1.73. The summed E-state index contributed by atoms with van der Waals surface area (Å²) < 4.78 is 30.1. The van der Waals surface area contributed by atoms with Crippen LogP contribution < -0.4 is 0 Å². The molecule has 0 unspecified atom stereocenters. The number of rotatable bonds is 2. The normalized spacial score (nSPS) is 10.9. The summed E-state index contributed by atoms with van der Waals surface area (Å²) in [4.78, 5) is 0. The van der Waals surface area contributed by atoms with Crippen molar-refractivity contribution in [2.75, 3.05) is 0 Å². The molecule has 0 fully saturated rings. The number of hydrogen-bond donors (Lipinski definition) is 0. The molecule has 1 aromatic heterocycles. The summed E-state index contributed by atoms with van der Waals surface area (Å²) in [6.45, 7) is 0. The van der Waals surface area contributed by atoms with Crippen molar-refractivity contribution in [3.05, 3.63) is 33.7 Å². The highest BCUT2D eigenvalue weighted by molar-refractivity contribution is 14.1. The van der Waals surface area contributed by atoms with E-state index in [1.165, 1.54) is 0 Å². The number of aromatic nitrogens is 2. The molecule has 0 amide bonds. The molecule has 0 saturated heterocycles. The van der Waals surface area contributed by atoms with Gasteiger partial charge in [-0.25, -0.2) is 0 Å². The lowest BCUT2D eigenvalue weighted by molar-refractivity contribution is 0.116. The zero-order valence-corrected chi connectivity index (χ0v) is 9.48. The van der Waals surface area contributed by atoms with Crippen LogP contribution in [-0.2, 0) is 0 Å². The SMILES string of the molecule is FC(F)c1nnc(-c2ccccc2I)o1. The predicted molar refractivity (Wildman–Crippen MR) is 57.4 cm³/mol. The van der Waals surface area contributed by atoms with E-state index in [-0.39, 0.29) is 5.89 Å². The Hall–Kier alpha value is -1.05. The Morgan fingerprint density at radius 2 is 1.93 bits per heavy atom. The van der Waals surface area contributed by atoms with Crippen LogP contribution in [0.3, 0.4) is 0 Å². The Morgan fingerprint density at radius 3 is 2.53 bits per heavy atom. The molecule has 0 bridgehead atoms. The Labute approximate surface area is 97.6 Å². The van der Waals surface area contributed by atoms with Crippen LogP contribution in [0.5, 0.6) is 0 Å². The number of hydrogen-bond acceptors (Lipinski definition) is 3. The molecule has 0 aliphatic rings. The van der Waals surface area contributed by atoms with Crippen molar-refractivity contribution in [2.45, 2.75) is 6.43 Å². The van der Waals surface area contributed by atoms with Crippen LogP contribution in [0.25, 0.3) is 11.5 Å². The molecular weight excluding hydrogens is 317 g/mol. The predicted octanol–water partition coefficient (Wildman–Crippen LogP) is 3.28. The van der Waals surface area contributed by atoms with Crippen molar-refractivity contribution >= 4 is 22.6 Å².